The lowest BCUT2D eigenvalue weighted by Gasteiger charge is -2.37. The van der Waals surface area contributed by atoms with Crippen molar-refractivity contribution in [2.24, 2.45) is 10.8 Å². The van der Waals surface area contributed by atoms with Gasteiger partial charge in [-0.2, -0.15) is 0 Å². The largest absolute Gasteiger partial charge is 0.385 e. The fraction of sp³-hybridized carbons (Fsp3) is 1.00. The molecule has 0 aromatic heterocycles. The van der Waals surface area contributed by atoms with Crippen LogP contribution in [-0.4, -0.2) is 77.3 Å². The molecular weight excluding hydrogens is 661 g/mol. The number of rotatable bonds is 12. The highest BCUT2D eigenvalue weighted by Crippen LogP contribution is 2.32. The summed E-state index contributed by atoms with van der Waals surface area (Å²) in [6, 6.07) is 0. The molecule has 6 heteroatoms. The molecule has 0 amide bonds. The first-order valence-corrected chi connectivity index (χ1v) is 19.7. The minimum Gasteiger partial charge on any atom is -0.385 e. The minimum absolute atomic E-state index is 0. The van der Waals surface area contributed by atoms with Crippen LogP contribution < -0.4 is 0 Å². The Kier molecular flexibility index (Phi) is 49.7. The average Bonchev–Trinajstić information content (AvgIpc) is 2.95. The van der Waals surface area contributed by atoms with Crippen LogP contribution in [0.5, 0.6) is 0 Å². The van der Waals surface area contributed by atoms with E-state index in [1.807, 2.05) is 20.8 Å². The van der Waals surface area contributed by atoms with E-state index < -0.39 is 19.1 Å². The summed E-state index contributed by atoms with van der Waals surface area (Å²) < 4.78 is 72.5. The van der Waals surface area contributed by atoms with Gasteiger partial charge in [0.05, 0.1) is 22.4 Å². The van der Waals surface area contributed by atoms with E-state index in [-0.39, 0.29) is 47.1 Å². The zero-order valence-electron chi connectivity index (χ0n) is 47.3. The van der Waals surface area contributed by atoms with Crippen molar-refractivity contribution in [1.29, 1.82) is 0 Å². The summed E-state index contributed by atoms with van der Waals surface area (Å²) in [5, 5.41) is 0. The molecule has 0 radical (unpaired) electrons. The lowest BCUT2D eigenvalue weighted by molar-refractivity contribution is -0.102. The molecule has 0 aromatic carbocycles. The third-order valence-electron chi connectivity index (χ3n) is 7.32. The molecule has 0 aliphatic heterocycles. The first-order chi connectivity index (χ1) is 25.3. The van der Waals surface area contributed by atoms with Crippen molar-refractivity contribution >= 4 is 0 Å². The van der Waals surface area contributed by atoms with Gasteiger partial charge in [0.2, 0.25) is 0 Å². The van der Waals surface area contributed by atoms with Crippen LogP contribution in [0.2, 0.25) is 0 Å². The smallest absolute Gasteiger partial charge is 0.0670 e. The molecule has 0 rings (SSSR count). The predicted molar refractivity (Wildman–Crippen MR) is 245 cm³/mol. The molecule has 0 N–H and O–H groups in total. The average molecular weight is 779 g/mol. The zero-order valence-corrected chi connectivity index (χ0v) is 41.3. The van der Waals surface area contributed by atoms with Crippen molar-refractivity contribution in [2.75, 3.05) is 54.9 Å². The van der Waals surface area contributed by atoms with Crippen LogP contribution in [0.3, 0.4) is 0 Å². The van der Waals surface area contributed by atoms with Gasteiger partial charge < -0.3 is 28.4 Å². The predicted octanol–water partition coefficient (Wildman–Crippen LogP) is 15.7. The van der Waals surface area contributed by atoms with Crippen molar-refractivity contribution in [3.05, 3.63) is 0 Å². The Hall–Kier alpha value is -0.240. The maximum Gasteiger partial charge on any atom is 0.0670 e. The Morgan fingerprint density at radius 3 is 0.679 bits per heavy atom. The maximum absolute atomic E-state index is 7.01. The van der Waals surface area contributed by atoms with Gasteiger partial charge >= 0.3 is 0 Å². The van der Waals surface area contributed by atoms with E-state index in [1.165, 1.54) is 13.8 Å². The van der Waals surface area contributed by atoms with Crippen molar-refractivity contribution in [1.82, 2.24) is 0 Å². The molecule has 0 bridgehead atoms. The van der Waals surface area contributed by atoms with E-state index in [4.69, 9.17) is 36.6 Å². The summed E-state index contributed by atoms with van der Waals surface area (Å²) in [5.41, 5.74) is 0.375. The summed E-state index contributed by atoms with van der Waals surface area (Å²) in [6.45, 7) is 51.9. The van der Waals surface area contributed by atoms with Gasteiger partial charge in [0.1, 0.15) is 0 Å². The summed E-state index contributed by atoms with van der Waals surface area (Å²) >= 11 is 0. The van der Waals surface area contributed by atoms with Crippen LogP contribution >= 0.6 is 0 Å². The first kappa shape index (κ1) is 57.1. The Morgan fingerprint density at radius 1 is 0.415 bits per heavy atom. The van der Waals surface area contributed by atoms with E-state index in [0.29, 0.717) is 6.42 Å². The second-order valence-corrected chi connectivity index (χ2v) is 17.0. The summed E-state index contributed by atoms with van der Waals surface area (Å²) in [5.74, 6) is 0. The highest BCUT2D eigenvalue weighted by Gasteiger charge is 2.32. The molecule has 0 heterocycles. The fourth-order valence-corrected chi connectivity index (χ4v) is 2.57. The molecule has 6 nitrogen and oxygen atoms in total. The second kappa shape index (κ2) is 46.1. The van der Waals surface area contributed by atoms with Crippen LogP contribution in [0, 0.1) is 10.8 Å². The zero-order chi connectivity index (χ0) is 49.1. The van der Waals surface area contributed by atoms with E-state index in [1.54, 1.807) is 35.4 Å². The number of hydrogen-bond donors (Lipinski definition) is 0. The van der Waals surface area contributed by atoms with Gasteiger partial charge in [-0.25, -0.2) is 0 Å². The molecule has 0 aromatic rings. The maximum atomic E-state index is 7.01. The van der Waals surface area contributed by atoms with Crippen molar-refractivity contribution in [3.8, 4) is 0 Å². The van der Waals surface area contributed by atoms with Gasteiger partial charge in [-0.15, -0.1) is 0 Å². The van der Waals surface area contributed by atoms with Gasteiger partial charge in [-0.3, -0.25) is 0 Å². The molecule has 0 atom stereocenters. The monoisotopic (exact) mass is 779 g/mol. The van der Waals surface area contributed by atoms with E-state index in [2.05, 4.69) is 125 Å². The minimum atomic E-state index is -1.39. The van der Waals surface area contributed by atoms with Gasteiger partial charge in [0.25, 0.3) is 0 Å². The normalized spacial score (nSPS) is 13.6. The van der Waals surface area contributed by atoms with Gasteiger partial charge in [-0.1, -0.05) is 129 Å². The van der Waals surface area contributed by atoms with Crippen LogP contribution in [0.25, 0.3) is 0 Å². The molecule has 0 aliphatic rings. The molecule has 0 saturated heterocycles. The third kappa shape index (κ3) is 81.1. The topological polar surface area (TPSA) is 55.4 Å². The van der Waals surface area contributed by atoms with E-state index in [9.17, 15) is 0 Å². The van der Waals surface area contributed by atoms with Gasteiger partial charge in [-0.05, 0) is 107 Å². The van der Waals surface area contributed by atoms with Crippen molar-refractivity contribution < 1.29 is 36.6 Å². The van der Waals surface area contributed by atoms with Gasteiger partial charge in [0.15, 0.2) is 0 Å². The molecule has 0 fully saturated rings. The first-order valence-electron chi connectivity index (χ1n) is 22.7. The molecule has 336 valence electrons. The lowest BCUT2D eigenvalue weighted by Crippen LogP contribution is -2.38. The van der Waals surface area contributed by atoms with Crippen LogP contribution in [-0.2, 0) is 28.4 Å². The van der Waals surface area contributed by atoms with E-state index >= 15 is 0 Å². The summed E-state index contributed by atoms with van der Waals surface area (Å²) in [7, 11) is 6.93. The fourth-order valence-electron chi connectivity index (χ4n) is 2.57. The van der Waals surface area contributed by atoms with E-state index in [0.717, 1.165) is 45.7 Å². The molecule has 0 aliphatic carbocycles. The van der Waals surface area contributed by atoms with Crippen molar-refractivity contribution in [3.63, 3.8) is 0 Å². The van der Waals surface area contributed by atoms with Crippen LogP contribution in [0.1, 0.15) is 233 Å². The van der Waals surface area contributed by atoms with Crippen molar-refractivity contribution in [2.45, 2.75) is 247 Å². The Balaban J connectivity index is -0.0000000698. The number of hydrogen-bond acceptors (Lipinski definition) is 6. The highest BCUT2D eigenvalue weighted by molar-refractivity contribution is 4.83. The van der Waals surface area contributed by atoms with Crippen LogP contribution in [0.4, 0.5) is 0 Å². The van der Waals surface area contributed by atoms with Crippen LogP contribution in [0.15, 0.2) is 0 Å². The second-order valence-electron chi connectivity index (χ2n) is 17.0. The Morgan fingerprint density at radius 2 is 0.679 bits per heavy atom. The lowest BCUT2D eigenvalue weighted by atomic mass is 9.79. The molecule has 0 saturated carbocycles. The summed E-state index contributed by atoms with van der Waals surface area (Å²) in [6.07, 6.45) is 0.0781. The standard InChI is InChI=1S/3C8H18O.2C5H12.3C4H10O.CH4/c2*1-7(2,3)8(4,5)9-6;1-7(2,3)9-8(4,5)6;2*1-3-5-4-2;2*1-3-4-5-2;1-3-5-4-2;/h3*1-6H3;2*3-5H2,1-2H3;3*3-4H2,1-2H3;1H4/i;;;3D2,4D2;3D2;;;;. The highest BCUT2D eigenvalue weighted by atomic mass is 16.5. The Bertz CT molecular complexity index is 727. The molecule has 0 spiro atoms. The SMILES string of the molecule is C.CC(C)(C)OC(C)(C)C.CCCOC.CCCOC.CCOCC.COC(C)(C)C(C)(C)C.COC(C)(C)C(C)(C)C.[2H]C([2H])(C)CC([2H])([2H])C.[2H]C([2H])(C)CCC. The molecular formula is C47H112O6. The van der Waals surface area contributed by atoms with Gasteiger partial charge in [0, 0.05) is 63.1 Å². The number of ether oxygens (including phenoxy) is 6. The molecule has 53 heavy (non-hydrogen) atoms. The summed E-state index contributed by atoms with van der Waals surface area (Å²) in [4.78, 5) is 0. The quantitative estimate of drug-likeness (QED) is 0.197. The Labute approximate surface area is 349 Å². The third-order valence-corrected chi connectivity index (χ3v) is 7.32. The molecule has 0 unspecified atom stereocenters. The number of methoxy groups -OCH3 is 4.